The highest BCUT2D eigenvalue weighted by Gasteiger charge is 1.95. The van der Waals surface area contributed by atoms with Gasteiger partial charge < -0.3 is 0 Å². The van der Waals surface area contributed by atoms with Gasteiger partial charge in [-0.25, -0.2) is 0 Å². The van der Waals surface area contributed by atoms with Crippen molar-refractivity contribution in [3.63, 3.8) is 0 Å². The topological polar surface area (TPSA) is 17.8 Å². The summed E-state index contributed by atoms with van der Waals surface area (Å²) in [6, 6.07) is 0. The van der Waals surface area contributed by atoms with E-state index in [0.29, 0.717) is 0 Å². The third kappa shape index (κ3) is 0.842. The Balaban J connectivity index is 3.14. The Morgan fingerprint density at radius 3 is 2.50 bits per heavy atom. The third-order valence-electron chi connectivity index (χ3n) is 0.954. The minimum atomic E-state index is 0.729. The molecular weight excluding hydrogens is 124 g/mol. The molecule has 0 saturated heterocycles. The molecule has 44 valence electrons. The Kier molecular flexibility index (Phi) is 1.26. The number of halogens is 1. The Hall–Kier alpha value is -0.500. The molecule has 0 fully saturated rings. The SMILES string of the molecule is Cc1nn(C)cc1Cl. The minimum absolute atomic E-state index is 0.729. The van der Waals surface area contributed by atoms with Crippen molar-refractivity contribution in [2.24, 2.45) is 7.05 Å². The molecule has 3 heteroatoms. The van der Waals surface area contributed by atoms with Crippen molar-refractivity contribution in [1.29, 1.82) is 0 Å². The van der Waals surface area contributed by atoms with Crippen LogP contribution in [0, 0.1) is 6.92 Å². The van der Waals surface area contributed by atoms with Crippen molar-refractivity contribution < 1.29 is 0 Å². The summed E-state index contributed by atoms with van der Waals surface area (Å²) in [6.07, 6.45) is 1.77. The van der Waals surface area contributed by atoms with Crippen LogP contribution in [-0.2, 0) is 7.05 Å². The number of rotatable bonds is 0. The van der Waals surface area contributed by atoms with Gasteiger partial charge in [0.25, 0.3) is 0 Å². The van der Waals surface area contributed by atoms with Crippen molar-refractivity contribution >= 4 is 11.6 Å². The molecule has 0 aliphatic rings. The highest BCUT2D eigenvalue weighted by Crippen LogP contribution is 2.09. The second-order valence-electron chi connectivity index (χ2n) is 1.74. The van der Waals surface area contributed by atoms with Crippen molar-refractivity contribution in [3.8, 4) is 0 Å². The molecule has 1 rings (SSSR count). The van der Waals surface area contributed by atoms with E-state index in [1.165, 1.54) is 0 Å². The van der Waals surface area contributed by atoms with Crippen LogP contribution in [0.2, 0.25) is 5.02 Å². The Labute approximate surface area is 53.1 Å². The second-order valence-corrected chi connectivity index (χ2v) is 2.14. The summed E-state index contributed by atoms with van der Waals surface area (Å²) in [4.78, 5) is 0. The number of aromatic nitrogens is 2. The molecule has 0 amide bonds. The number of hydrogen-bond donors (Lipinski definition) is 0. The maximum Gasteiger partial charge on any atom is 0.0814 e. The first-order chi connectivity index (χ1) is 3.70. The molecular formula is C5H7ClN2. The molecule has 0 saturated carbocycles. The first kappa shape index (κ1) is 5.63. The van der Waals surface area contributed by atoms with Gasteiger partial charge in [0.2, 0.25) is 0 Å². The lowest BCUT2D eigenvalue weighted by molar-refractivity contribution is 0.756. The summed E-state index contributed by atoms with van der Waals surface area (Å²) in [5, 5.41) is 4.72. The fourth-order valence-electron chi connectivity index (χ4n) is 0.571. The molecule has 0 aliphatic heterocycles. The molecule has 0 radical (unpaired) electrons. The molecule has 1 aromatic heterocycles. The van der Waals surface area contributed by atoms with Gasteiger partial charge in [0.15, 0.2) is 0 Å². The van der Waals surface area contributed by atoms with Gasteiger partial charge in [-0.05, 0) is 6.92 Å². The van der Waals surface area contributed by atoms with Gasteiger partial charge in [0.1, 0.15) is 0 Å². The molecule has 2 nitrogen and oxygen atoms in total. The quantitative estimate of drug-likeness (QED) is 0.519. The van der Waals surface area contributed by atoms with E-state index in [2.05, 4.69) is 5.10 Å². The van der Waals surface area contributed by atoms with Crippen LogP contribution in [-0.4, -0.2) is 9.78 Å². The van der Waals surface area contributed by atoms with Crippen molar-refractivity contribution in [3.05, 3.63) is 16.9 Å². The fourth-order valence-corrected chi connectivity index (χ4v) is 0.750. The summed E-state index contributed by atoms with van der Waals surface area (Å²) in [6.45, 7) is 1.88. The predicted octanol–water partition coefficient (Wildman–Crippen LogP) is 1.38. The zero-order valence-corrected chi connectivity index (χ0v) is 5.61. The van der Waals surface area contributed by atoms with E-state index in [-0.39, 0.29) is 0 Å². The Morgan fingerprint density at radius 1 is 1.75 bits per heavy atom. The average Bonchev–Trinajstić information content (AvgIpc) is 1.85. The molecule has 0 spiro atoms. The molecule has 0 unspecified atom stereocenters. The molecule has 0 N–H and O–H groups in total. The molecule has 0 bridgehead atoms. The molecule has 8 heavy (non-hydrogen) atoms. The zero-order valence-electron chi connectivity index (χ0n) is 4.85. The van der Waals surface area contributed by atoms with Crippen LogP contribution < -0.4 is 0 Å². The average molecular weight is 131 g/mol. The standard InChI is InChI=1S/C5H7ClN2/c1-4-5(6)3-8(2)7-4/h3H,1-2H3. The van der Waals surface area contributed by atoms with Gasteiger partial charge >= 0.3 is 0 Å². The van der Waals surface area contributed by atoms with E-state index >= 15 is 0 Å². The first-order valence-electron chi connectivity index (χ1n) is 2.36. The third-order valence-corrected chi connectivity index (χ3v) is 1.32. The van der Waals surface area contributed by atoms with Gasteiger partial charge in [0.05, 0.1) is 10.7 Å². The van der Waals surface area contributed by atoms with E-state index in [1.807, 2.05) is 14.0 Å². The van der Waals surface area contributed by atoms with Crippen LogP contribution in [0.4, 0.5) is 0 Å². The van der Waals surface area contributed by atoms with Gasteiger partial charge in [-0.3, -0.25) is 4.68 Å². The zero-order chi connectivity index (χ0) is 6.15. The number of hydrogen-bond acceptors (Lipinski definition) is 1. The van der Waals surface area contributed by atoms with Crippen LogP contribution >= 0.6 is 11.6 Å². The lowest BCUT2D eigenvalue weighted by atomic mass is 10.5. The van der Waals surface area contributed by atoms with Crippen molar-refractivity contribution in [2.45, 2.75) is 6.92 Å². The summed E-state index contributed by atoms with van der Waals surface area (Å²) >= 11 is 5.65. The molecule has 1 heterocycles. The van der Waals surface area contributed by atoms with Crippen LogP contribution in [0.1, 0.15) is 5.69 Å². The second kappa shape index (κ2) is 1.78. The molecule has 0 atom stereocenters. The monoisotopic (exact) mass is 130 g/mol. The maximum atomic E-state index is 5.65. The first-order valence-corrected chi connectivity index (χ1v) is 2.73. The predicted molar refractivity (Wildman–Crippen MR) is 33.0 cm³/mol. The summed E-state index contributed by atoms with van der Waals surface area (Å²) < 4.78 is 1.69. The smallest absolute Gasteiger partial charge is 0.0814 e. The number of nitrogens with zero attached hydrogens (tertiary/aromatic N) is 2. The van der Waals surface area contributed by atoms with Gasteiger partial charge in [-0.15, -0.1) is 0 Å². The van der Waals surface area contributed by atoms with Gasteiger partial charge in [-0.2, -0.15) is 5.10 Å². The van der Waals surface area contributed by atoms with Crippen LogP contribution in [0.5, 0.6) is 0 Å². The number of aryl methyl sites for hydroxylation is 2. The molecule has 0 aromatic carbocycles. The lowest BCUT2D eigenvalue weighted by Crippen LogP contribution is -1.86. The van der Waals surface area contributed by atoms with E-state index < -0.39 is 0 Å². The van der Waals surface area contributed by atoms with E-state index in [4.69, 9.17) is 11.6 Å². The van der Waals surface area contributed by atoms with Crippen LogP contribution in [0.15, 0.2) is 6.20 Å². The Bertz CT molecular complexity index is 173. The van der Waals surface area contributed by atoms with Crippen molar-refractivity contribution in [2.75, 3.05) is 0 Å². The normalized spacial score (nSPS) is 9.88. The summed E-state index contributed by atoms with van der Waals surface area (Å²) in [5.74, 6) is 0. The highest BCUT2D eigenvalue weighted by atomic mass is 35.5. The van der Waals surface area contributed by atoms with E-state index in [9.17, 15) is 0 Å². The maximum absolute atomic E-state index is 5.65. The summed E-state index contributed by atoms with van der Waals surface area (Å²) in [7, 11) is 1.85. The van der Waals surface area contributed by atoms with E-state index in [0.717, 1.165) is 10.7 Å². The Morgan fingerprint density at radius 2 is 2.38 bits per heavy atom. The highest BCUT2D eigenvalue weighted by molar-refractivity contribution is 6.31. The van der Waals surface area contributed by atoms with Crippen molar-refractivity contribution in [1.82, 2.24) is 9.78 Å². The fraction of sp³-hybridized carbons (Fsp3) is 0.400. The van der Waals surface area contributed by atoms with Gasteiger partial charge in [-0.1, -0.05) is 11.6 Å². The minimum Gasteiger partial charge on any atom is -0.274 e. The summed E-state index contributed by atoms with van der Waals surface area (Å²) in [5.41, 5.74) is 0.883. The van der Waals surface area contributed by atoms with Crippen LogP contribution in [0.25, 0.3) is 0 Å². The van der Waals surface area contributed by atoms with E-state index in [1.54, 1.807) is 10.9 Å². The van der Waals surface area contributed by atoms with Crippen LogP contribution in [0.3, 0.4) is 0 Å². The lowest BCUT2D eigenvalue weighted by Gasteiger charge is -1.79. The van der Waals surface area contributed by atoms with Gasteiger partial charge in [0, 0.05) is 13.2 Å². The molecule has 1 aromatic rings. The molecule has 0 aliphatic carbocycles. The largest absolute Gasteiger partial charge is 0.274 e.